The Morgan fingerprint density at radius 2 is 0.672 bits per heavy atom. The van der Waals surface area contributed by atoms with Crippen molar-refractivity contribution in [1.82, 2.24) is 9.97 Å². The van der Waals surface area contributed by atoms with E-state index in [2.05, 4.69) is 92.4 Å². The van der Waals surface area contributed by atoms with Gasteiger partial charge in [0.15, 0.2) is 37.9 Å². The van der Waals surface area contributed by atoms with Gasteiger partial charge in [0.1, 0.15) is 23.0 Å². The summed E-state index contributed by atoms with van der Waals surface area (Å²) in [6, 6.07) is 41.0. The molecule has 1 aliphatic rings. The number of aromatic hydroxyl groups is 2. The van der Waals surface area contributed by atoms with E-state index in [-0.39, 0.29) is 36.3 Å². The van der Waals surface area contributed by atoms with Crippen LogP contribution in [0.15, 0.2) is 171 Å². The van der Waals surface area contributed by atoms with Crippen LogP contribution in [0.5, 0.6) is 23.0 Å². The molecule has 0 aliphatic heterocycles. The Morgan fingerprint density at radius 1 is 0.391 bits per heavy atom. The second kappa shape index (κ2) is 21.6. The third kappa shape index (κ3) is 10.7. The van der Waals surface area contributed by atoms with E-state index in [1.165, 1.54) is 0 Å². The number of hydrogen-bond donors (Lipinski definition) is 2. The van der Waals surface area contributed by atoms with Gasteiger partial charge in [-0.05, 0) is 91.0 Å². The maximum Gasteiger partial charge on any atom is 0.169 e. The number of benzene rings is 4. The van der Waals surface area contributed by atoms with Crippen molar-refractivity contribution in [2.24, 2.45) is 0 Å². The maximum absolute atomic E-state index is 11.9. The number of para-hydroxylation sites is 4. The first kappa shape index (κ1) is 45.3. The van der Waals surface area contributed by atoms with Crippen LogP contribution in [0.25, 0.3) is 22.3 Å². The van der Waals surface area contributed by atoms with Crippen molar-refractivity contribution in [3.05, 3.63) is 215 Å². The minimum Gasteiger partial charge on any atom is -1.00 e. The van der Waals surface area contributed by atoms with Gasteiger partial charge in [-0.15, -0.1) is 0 Å². The van der Waals surface area contributed by atoms with E-state index in [1.807, 2.05) is 97.6 Å². The number of nitrogens with zero attached hydrogens (tertiary/aromatic N) is 4. The number of phenolic OH excluding ortho intramolecular Hbond substituents is 2. The van der Waals surface area contributed by atoms with Crippen molar-refractivity contribution < 1.29 is 53.6 Å². The van der Waals surface area contributed by atoms with Crippen LogP contribution in [-0.4, -0.2) is 33.4 Å². The fraction of sp³-hybridized carbons (Fsp3) is 0.185. The number of fused-ring (bicyclic) bond motifs is 8. The average molecular weight is 890 g/mol. The summed E-state index contributed by atoms with van der Waals surface area (Å²) >= 11 is 0. The third-order valence-corrected chi connectivity index (χ3v) is 11.7. The lowest BCUT2D eigenvalue weighted by Gasteiger charge is -2.20. The highest BCUT2D eigenvalue weighted by atomic mass is 35.5. The summed E-state index contributed by atoms with van der Waals surface area (Å²) in [5, 5.41) is 23.8. The highest BCUT2D eigenvalue weighted by Gasteiger charge is 2.21. The molecule has 8 bridgehead atoms. The first-order valence-corrected chi connectivity index (χ1v) is 21.4. The molecule has 1 aliphatic carbocycles. The fourth-order valence-electron chi connectivity index (χ4n) is 8.41. The summed E-state index contributed by atoms with van der Waals surface area (Å²) in [6.45, 7) is 2.61. The van der Waals surface area contributed by atoms with Crippen molar-refractivity contribution in [2.75, 3.05) is 13.2 Å². The molecule has 9 rings (SSSR count). The lowest BCUT2D eigenvalue weighted by molar-refractivity contribution is -0.697. The quantitative estimate of drug-likeness (QED) is 0.145. The van der Waals surface area contributed by atoms with Crippen LogP contribution in [0, 0.1) is 0 Å². The van der Waals surface area contributed by atoms with E-state index < -0.39 is 0 Å². The lowest BCUT2D eigenvalue weighted by Crippen LogP contribution is -3.00. The topological polar surface area (TPSA) is 92.5 Å². The normalized spacial score (nSPS) is 11.8. The molecule has 0 unspecified atom stereocenters. The van der Waals surface area contributed by atoms with Crippen LogP contribution in [0.2, 0.25) is 0 Å². The summed E-state index contributed by atoms with van der Waals surface area (Å²) in [4.78, 5) is 8.27. The maximum atomic E-state index is 11.9. The number of pyridine rings is 4. The molecule has 64 heavy (non-hydrogen) atoms. The zero-order valence-electron chi connectivity index (χ0n) is 35.5. The van der Waals surface area contributed by atoms with Gasteiger partial charge in [-0.3, -0.25) is 9.97 Å². The first-order chi connectivity index (χ1) is 30.6. The molecule has 8 aromatic rings. The van der Waals surface area contributed by atoms with Gasteiger partial charge in [0.2, 0.25) is 0 Å². The molecule has 2 N–H and O–H groups in total. The molecule has 0 saturated heterocycles. The molecule has 4 heterocycles. The van der Waals surface area contributed by atoms with Gasteiger partial charge in [0.05, 0.1) is 13.2 Å². The van der Waals surface area contributed by atoms with E-state index in [1.54, 1.807) is 0 Å². The Labute approximate surface area is 387 Å². The summed E-state index contributed by atoms with van der Waals surface area (Å²) in [6.07, 6.45) is 19.2. The highest BCUT2D eigenvalue weighted by Crippen LogP contribution is 2.38. The van der Waals surface area contributed by atoms with E-state index in [0.29, 0.717) is 38.9 Å². The average Bonchev–Trinajstić information content (AvgIpc) is 3.31. The largest absolute Gasteiger partial charge is 1.00 e. The monoisotopic (exact) mass is 888 g/mol. The zero-order valence-corrected chi connectivity index (χ0v) is 37.0. The molecule has 4 aromatic carbocycles. The molecule has 0 fully saturated rings. The van der Waals surface area contributed by atoms with Gasteiger partial charge in [-0.2, -0.15) is 0 Å². The number of hydrogen-bond acceptors (Lipinski definition) is 6. The highest BCUT2D eigenvalue weighted by molar-refractivity contribution is 5.62. The van der Waals surface area contributed by atoms with Crippen LogP contribution in [0.1, 0.15) is 57.3 Å². The zero-order chi connectivity index (χ0) is 42.1. The van der Waals surface area contributed by atoms with Crippen molar-refractivity contribution in [1.29, 1.82) is 0 Å². The van der Waals surface area contributed by atoms with Gasteiger partial charge in [-0.25, -0.2) is 9.13 Å². The number of ether oxygens (including phenoxy) is 2. The summed E-state index contributed by atoms with van der Waals surface area (Å²) in [5.41, 5.74) is 11.9. The Morgan fingerprint density at radius 3 is 0.984 bits per heavy atom. The van der Waals surface area contributed by atoms with E-state index in [4.69, 9.17) is 9.47 Å². The van der Waals surface area contributed by atoms with Gasteiger partial charge >= 0.3 is 0 Å². The minimum atomic E-state index is 0. The molecule has 10 heteroatoms. The van der Waals surface area contributed by atoms with Gasteiger partial charge in [0, 0.05) is 87.6 Å². The molecule has 8 nitrogen and oxygen atoms in total. The van der Waals surface area contributed by atoms with E-state index in [0.717, 1.165) is 104 Å². The van der Waals surface area contributed by atoms with Crippen LogP contribution in [-0.2, 0) is 38.8 Å². The van der Waals surface area contributed by atoms with Crippen molar-refractivity contribution in [3.8, 4) is 45.3 Å². The predicted octanol–water partition coefficient (Wildman–Crippen LogP) is 3.42. The van der Waals surface area contributed by atoms with Crippen molar-refractivity contribution in [3.63, 3.8) is 0 Å². The van der Waals surface area contributed by atoms with E-state index >= 15 is 0 Å². The molecule has 0 radical (unpaired) electrons. The van der Waals surface area contributed by atoms with Crippen LogP contribution in [0.4, 0.5) is 0 Å². The van der Waals surface area contributed by atoms with Crippen molar-refractivity contribution in [2.45, 2.75) is 51.6 Å². The van der Waals surface area contributed by atoms with Crippen LogP contribution in [0.3, 0.4) is 0 Å². The SMILES string of the molecule is Oc1c2cccc1Cc1cccc(c1OCCC[n+]1ccc(-c3ccncc3)cc1)Cc1cccc(c1O)Cc1cccc(c1OCCC[n+]1ccc(-c3ccncc3)cc1)C2.[Cl-].[Cl-]. The number of aromatic nitrogens is 4. The number of aryl methyl sites for hydroxylation is 2. The van der Waals surface area contributed by atoms with Gasteiger partial charge in [0.25, 0.3) is 0 Å². The van der Waals surface area contributed by atoms with Gasteiger partial charge < -0.3 is 44.5 Å². The molecule has 0 amide bonds. The second-order valence-electron chi connectivity index (χ2n) is 15.9. The van der Waals surface area contributed by atoms with Crippen LogP contribution >= 0.6 is 0 Å². The molecular formula is C54H50Cl2N4O4. The van der Waals surface area contributed by atoms with E-state index in [9.17, 15) is 10.2 Å². The molecule has 0 atom stereocenters. The first-order valence-electron chi connectivity index (χ1n) is 21.4. The predicted molar refractivity (Wildman–Crippen MR) is 240 cm³/mol. The molecule has 4 aromatic heterocycles. The minimum absolute atomic E-state index is 0. The lowest BCUT2D eigenvalue weighted by atomic mass is 9.91. The Kier molecular flexibility index (Phi) is 15.3. The Bertz CT molecular complexity index is 2500. The summed E-state index contributed by atoms with van der Waals surface area (Å²) < 4.78 is 17.7. The Hall–Kier alpha value is -6.74. The molecular weight excluding hydrogens is 840 g/mol. The third-order valence-electron chi connectivity index (χ3n) is 11.7. The van der Waals surface area contributed by atoms with Gasteiger partial charge in [-0.1, -0.05) is 72.8 Å². The molecule has 0 spiro atoms. The second-order valence-corrected chi connectivity index (χ2v) is 15.9. The number of halogens is 2. The standard InChI is InChI=1S/C54H48N4O4.2ClH/c59-51-43-7-1-8-44(51)36-48-12-4-14-50(54(48)62-34-6-28-58-31-21-42(22-32-58)40-17-25-56-26-18-40)38-46-10-2-9-45(52(46)60)37-49-13-3-11-47(35-43)53(49)61-33-5-27-57-29-19-41(20-30-57)39-15-23-55-24-16-39;;/h1-4,7-26,29-32H,5-6,27-28,33-38H2;2*1H. The molecule has 324 valence electrons. The Balaban J connectivity index is 0.00000306. The van der Waals surface area contributed by atoms with Crippen LogP contribution < -0.4 is 43.4 Å². The smallest absolute Gasteiger partial charge is 0.169 e. The number of phenols is 2. The van der Waals surface area contributed by atoms with Crippen molar-refractivity contribution >= 4 is 0 Å². The summed E-state index contributed by atoms with van der Waals surface area (Å²) in [7, 11) is 0. The number of rotatable bonds is 12. The summed E-state index contributed by atoms with van der Waals surface area (Å²) in [5.74, 6) is 2.17. The molecule has 0 saturated carbocycles. The fourth-order valence-corrected chi connectivity index (χ4v) is 8.41.